The number of aromatic nitrogens is 1. The fourth-order valence-electron chi connectivity index (χ4n) is 2.10. The normalized spacial score (nSPS) is 13.9. The highest BCUT2D eigenvalue weighted by Crippen LogP contribution is 2.10. The molecule has 5 nitrogen and oxygen atoms in total. The molecule has 0 aliphatic carbocycles. The number of aliphatic hydroxyl groups excluding tert-OH is 1. The van der Waals surface area contributed by atoms with Crippen molar-refractivity contribution in [2.24, 2.45) is 5.92 Å². The van der Waals surface area contributed by atoms with E-state index in [9.17, 15) is 9.59 Å². The zero-order valence-corrected chi connectivity index (χ0v) is 12.2. The van der Waals surface area contributed by atoms with Crippen LogP contribution in [0, 0.1) is 5.92 Å². The molecule has 1 heterocycles. The molecule has 0 spiro atoms. The number of amides is 1. The Morgan fingerprint density at radius 2 is 2.05 bits per heavy atom. The van der Waals surface area contributed by atoms with Crippen LogP contribution >= 0.6 is 0 Å². The van der Waals surface area contributed by atoms with Gasteiger partial charge in [0.1, 0.15) is 0 Å². The van der Waals surface area contributed by atoms with Gasteiger partial charge in [-0.1, -0.05) is 25.1 Å². The molecule has 0 aliphatic rings. The predicted molar refractivity (Wildman–Crippen MR) is 82.1 cm³/mol. The Morgan fingerprint density at radius 3 is 2.76 bits per heavy atom. The van der Waals surface area contributed by atoms with Crippen LogP contribution in [0.15, 0.2) is 35.1 Å². The second-order valence-corrected chi connectivity index (χ2v) is 5.40. The molecule has 0 fully saturated rings. The van der Waals surface area contributed by atoms with Gasteiger partial charge in [0.2, 0.25) is 5.91 Å². The van der Waals surface area contributed by atoms with Crippen LogP contribution in [0.3, 0.4) is 0 Å². The van der Waals surface area contributed by atoms with E-state index in [2.05, 4.69) is 10.3 Å². The van der Waals surface area contributed by atoms with Crippen molar-refractivity contribution in [3.8, 4) is 0 Å². The van der Waals surface area contributed by atoms with Gasteiger partial charge in [0.15, 0.2) is 0 Å². The monoisotopic (exact) mass is 288 g/mol. The number of para-hydroxylation sites is 1. The number of carbonyl (C=O) groups is 1. The van der Waals surface area contributed by atoms with Gasteiger partial charge in [-0.3, -0.25) is 9.59 Å². The van der Waals surface area contributed by atoms with Crippen LogP contribution < -0.4 is 10.9 Å². The largest absolute Gasteiger partial charge is 0.396 e. The summed E-state index contributed by atoms with van der Waals surface area (Å²) in [5.74, 6) is -0.243. The van der Waals surface area contributed by atoms with E-state index in [4.69, 9.17) is 5.11 Å². The highest BCUT2D eigenvalue weighted by atomic mass is 16.3. The van der Waals surface area contributed by atoms with E-state index in [1.54, 1.807) is 6.07 Å². The summed E-state index contributed by atoms with van der Waals surface area (Å²) in [5, 5.41) is 12.8. The number of rotatable bonds is 5. The summed E-state index contributed by atoms with van der Waals surface area (Å²) in [7, 11) is 0. The van der Waals surface area contributed by atoms with Gasteiger partial charge in [-0.15, -0.1) is 0 Å². The van der Waals surface area contributed by atoms with Crippen LogP contribution in [0.25, 0.3) is 10.9 Å². The van der Waals surface area contributed by atoms with Crippen molar-refractivity contribution >= 4 is 16.8 Å². The summed E-state index contributed by atoms with van der Waals surface area (Å²) in [4.78, 5) is 26.7. The first kappa shape index (κ1) is 15.3. The van der Waals surface area contributed by atoms with Crippen molar-refractivity contribution in [3.63, 3.8) is 0 Å². The molecule has 2 unspecified atom stereocenters. The molecule has 0 saturated carbocycles. The average molecular weight is 288 g/mol. The van der Waals surface area contributed by atoms with E-state index in [-0.39, 0.29) is 36.5 Å². The summed E-state index contributed by atoms with van der Waals surface area (Å²) in [6, 6.07) is 9.06. The first-order valence-corrected chi connectivity index (χ1v) is 7.02. The lowest BCUT2D eigenvalue weighted by atomic mass is 10.0. The van der Waals surface area contributed by atoms with Crippen LogP contribution in [0.1, 0.15) is 19.4 Å². The van der Waals surface area contributed by atoms with Gasteiger partial charge in [0, 0.05) is 23.7 Å². The lowest BCUT2D eigenvalue weighted by Crippen LogP contribution is -2.39. The maximum Gasteiger partial charge on any atom is 0.252 e. The Morgan fingerprint density at radius 1 is 1.33 bits per heavy atom. The molecule has 1 aromatic heterocycles. The van der Waals surface area contributed by atoms with E-state index in [0.717, 1.165) is 10.9 Å². The number of H-pyrrole nitrogens is 1. The molecule has 0 aliphatic heterocycles. The molecule has 2 rings (SSSR count). The topological polar surface area (TPSA) is 82.2 Å². The van der Waals surface area contributed by atoms with E-state index in [1.807, 2.05) is 38.1 Å². The second-order valence-electron chi connectivity index (χ2n) is 5.40. The van der Waals surface area contributed by atoms with Gasteiger partial charge in [-0.25, -0.2) is 0 Å². The minimum atomic E-state index is -0.244. The lowest BCUT2D eigenvalue weighted by Gasteiger charge is -2.19. The SMILES string of the molecule is CC(CO)C(C)NC(=O)Cc1cc2ccccc2[nH]c1=O. The quantitative estimate of drug-likeness (QED) is 0.773. The number of nitrogens with one attached hydrogen (secondary N) is 2. The van der Waals surface area contributed by atoms with Crippen LogP contribution in [0.5, 0.6) is 0 Å². The van der Waals surface area contributed by atoms with E-state index >= 15 is 0 Å². The maximum atomic E-state index is 12.0. The average Bonchev–Trinajstić information content (AvgIpc) is 2.47. The molecule has 21 heavy (non-hydrogen) atoms. The number of hydrogen-bond acceptors (Lipinski definition) is 3. The van der Waals surface area contributed by atoms with Crippen molar-refractivity contribution in [2.75, 3.05) is 6.61 Å². The number of benzene rings is 1. The zero-order valence-electron chi connectivity index (χ0n) is 12.2. The van der Waals surface area contributed by atoms with Crippen molar-refractivity contribution in [1.29, 1.82) is 0 Å². The Balaban J connectivity index is 2.14. The van der Waals surface area contributed by atoms with Crippen molar-refractivity contribution in [1.82, 2.24) is 10.3 Å². The molecule has 112 valence electrons. The lowest BCUT2D eigenvalue weighted by molar-refractivity contribution is -0.121. The van der Waals surface area contributed by atoms with Crippen LogP contribution in [-0.4, -0.2) is 28.6 Å². The number of pyridine rings is 1. The zero-order chi connectivity index (χ0) is 15.4. The van der Waals surface area contributed by atoms with Gasteiger partial charge < -0.3 is 15.4 Å². The van der Waals surface area contributed by atoms with Gasteiger partial charge in [0.05, 0.1) is 6.42 Å². The molecule has 2 aromatic rings. The maximum absolute atomic E-state index is 12.0. The number of aliphatic hydroxyl groups is 1. The fourth-order valence-corrected chi connectivity index (χ4v) is 2.10. The first-order chi connectivity index (χ1) is 10.0. The molecular weight excluding hydrogens is 268 g/mol. The molecule has 0 radical (unpaired) electrons. The Labute approximate surface area is 123 Å². The third kappa shape index (κ3) is 3.70. The van der Waals surface area contributed by atoms with Gasteiger partial charge in [-0.2, -0.15) is 0 Å². The van der Waals surface area contributed by atoms with Crippen molar-refractivity contribution < 1.29 is 9.90 Å². The van der Waals surface area contributed by atoms with Crippen LogP contribution in [-0.2, 0) is 11.2 Å². The number of aromatic amines is 1. The molecule has 5 heteroatoms. The first-order valence-electron chi connectivity index (χ1n) is 7.02. The number of fused-ring (bicyclic) bond motifs is 1. The molecular formula is C16H20N2O3. The number of hydrogen-bond donors (Lipinski definition) is 3. The standard InChI is InChI=1S/C16H20N2O3/c1-10(9-19)11(2)17-15(20)8-13-7-12-5-3-4-6-14(12)18-16(13)21/h3-7,10-11,19H,8-9H2,1-2H3,(H,17,20)(H,18,21). The Bertz CT molecular complexity index is 693. The van der Waals surface area contributed by atoms with Gasteiger partial charge in [0.25, 0.3) is 5.56 Å². The summed E-state index contributed by atoms with van der Waals surface area (Å²) in [5.41, 5.74) is 0.954. The van der Waals surface area contributed by atoms with E-state index < -0.39 is 0 Å². The Hall–Kier alpha value is -2.14. The molecule has 1 aromatic carbocycles. The highest BCUT2D eigenvalue weighted by Gasteiger charge is 2.15. The fraction of sp³-hybridized carbons (Fsp3) is 0.375. The predicted octanol–water partition coefficient (Wildman–Crippen LogP) is 1.20. The van der Waals surface area contributed by atoms with Crippen LogP contribution in [0.4, 0.5) is 0 Å². The summed E-state index contributed by atoms with van der Waals surface area (Å²) >= 11 is 0. The van der Waals surface area contributed by atoms with Gasteiger partial charge in [-0.05, 0) is 30.4 Å². The minimum absolute atomic E-state index is 0.0119. The molecule has 2 atom stereocenters. The van der Waals surface area contributed by atoms with Gasteiger partial charge >= 0.3 is 0 Å². The van der Waals surface area contributed by atoms with E-state index in [1.165, 1.54) is 0 Å². The molecule has 3 N–H and O–H groups in total. The molecule has 1 amide bonds. The second kappa shape index (κ2) is 6.54. The minimum Gasteiger partial charge on any atom is -0.396 e. The van der Waals surface area contributed by atoms with Crippen LogP contribution in [0.2, 0.25) is 0 Å². The van der Waals surface area contributed by atoms with E-state index in [0.29, 0.717) is 5.56 Å². The van der Waals surface area contributed by atoms with Crippen molar-refractivity contribution in [2.45, 2.75) is 26.3 Å². The smallest absolute Gasteiger partial charge is 0.252 e. The number of carbonyl (C=O) groups excluding carboxylic acids is 1. The summed E-state index contributed by atoms with van der Waals surface area (Å²) in [6.45, 7) is 3.70. The summed E-state index contributed by atoms with van der Waals surface area (Å²) < 4.78 is 0. The molecule has 0 saturated heterocycles. The van der Waals surface area contributed by atoms with Crippen molar-refractivity contribution in [3.05, 3.63) is 46.2 Å². The third-order valence-electron chi connectivity index (χ3n) is 3.71. The molecule has 0 bridgehead atoms. The highest BCUT2D eigenvalue weighted by molar-refractivity contribution is 5.82. The third-order valence-corrected chi connectivity index (χ3v) is 3.71. The summed E-state index contributed by atoms with van der Waals surface area (Å²) in [6.07, 6.45) is 0.0304. The Kier molecular flexibility index (Phi) is 4.75.